The zero-order valence-corrected chi connectivity index (χ0v) is 22.3. The summed E-state index contributed by atoms with van der Waals surface area (Å²) in [6.07, 6.45) is 2.39. The number of aliphatic imine (C=N–C) groups is 1. The van der Waals surface area contributed by atoms with Crippen LogP contribution in [0.2, 0.25) is 0 Å². The molecule has 0 saturated carbocycles. The van der Waals surface area contributed by atoms with E-state index in [-0.39, 0.29) is 24.0 Å². The van der Waals surface area contributed by atoms with Crippen LogP contribution in [0.4, 0.5) is 5.69 Å². The van der Waals surface area contributed by atoms with Gasteiger partial charge in [-0.25, -0.2) is 4.99 Å². The highest BCUT2D eigenvalue weighted by atomic mass is 127. The summed E-state index contributed by atoms with van der Waals surface area (Å²) in [5, 5.41) is 9.18. The van der Waals surface area contributed by atoms with Crippen molar-refractivity contribution < 1.29 is 4.74 Å². The Morgan fingerprint density at radius 2 is 2.03 bits per heavy atom. The van der Waals surface area contributed by atoms with Crippen molar-refractivity contribution in [1.82, 2.24) is 15.5 Å². The molecule has 0 bridgehead atoms. The van der Waals surface area contributed by atoms with Crippen molar-refractivity contribution in [3.8, 4) is 0 Å². The van der Waals surface area contributed by atoms with E-state index < -0.39 is 0 Å². The normalized spacial score (nSPS) is 17.9. The van der Waals surface area contributed by atoms with Crippen LogP contribution in [-0.4, -0.2) is 63.8 Å². The molecule has 1 fully saturated rings. The zero-order chi connectivity index (χ0) is 21.5. The minimum atomic E-state index is 0. The Morgan fingerprint density at radius 3 is 2.78 bits per heavy atom. The Morgan fingerprint density at radius 1 is 1.19 bits per heavy atom. The number of nitrogens with zero attached hydrogens (tertiary/aromatic N) is 3. The number of rotatable bonds is 7. The molecular weight excluding hydrogens is 533 g/mol. The van der Waals surface area contributed by atoms with Crippen LogP contribution >= 0.6 is 35.3 Å². The van der Waals surface area contributed by atoms with Gasteiger partial charge >= 0.3 is 0 Å². The number of thiophene rings is 1. The van der Waals surface area contributed by atoms with E-state index in [1.165, 1.54) is 28.1 Å². The molecule has 6 nitrogen and oxygen atoms in total. The largest absolute Gasteiger partial charge is 0.379 e. The molecule has 8 heteroatoms. The lowest BCUT2D eigenvalue weighted by Gasteiger charge is -2.34. The first-order valence-electron chi connectivity index (χ1n) is 11.4. The molecule has 0 amide bonds. The average molecular weight is 570 g/mol. The van der Waals surface area contributed by atoms with Crippen molar-refractivity contribution in [1.29, 1.82) is 0 Å². The first kappa shape index (κ1) is 25.3. The molecule has 1 aromatic heterocycles. The van der Waals surface area contributed by atoms with Crippen molar-refractivity contribution in [2.45, 2.75) is 32.4 Å². The van der Waals surface area contributed by atoms with Gasteiger partial charge in [-0.15, -0.1) is 35.3 Å². The first-order valence-corrected chi connectivity index (χ1v) is 12.3. The number of ether oxygens (including phenoxy) is 1. The molecule has 4 rings (SSSR count). The number of halogens is 1. The lowest BCUT2D eigenvalue weighted by Crippen LogP contribution is -2.46. The maximum Gasteiger partial charge on any atom is 0.191 e. The van der Waals surface area contributed by atoms with E-state index in [9.17, 15) is 0 Å². The van der Waals surface area contributed by atoms with Gasteiger partial charge in [0.25, 0.3) is 0 Å². The quantitative estimate of drug-likeness (QED) is 0.301. The van der Waals surface area contributed by atoms with E-state index in [0.717, 1.165) is 58.3 Å². The van der Waals surface area contributed by atoms with Crippen molar-refractivity contribution in [2.24, 2.45) is 4.99 Å². The maximum absolute atomic E-state index is 5.57. The Labute approximate surface area is 213 Å². The SMILES string of the molecule is CCNC(=NCc1ccc2c(c1)CCCN2C)NCC(c1cccs1)N1CCOCC1.I. The Hall–Kier alpha value is -1.36. The number of nitrogens with one attached hydrogen (secondary N) is 2. The predicted octanol–water partition coefficient (Wildman–Crippen LogP) is 3.88. The smallest absolute Gasteiger partial charge is 0.191 e. The number of benzene rings is 1. The van der Waals surface area contributed by atoms with E-state index >= 15 is 0 Å². The minimum Gasteiger partial charge on any atom is -0.379 e. The summed E-state index contributed by atoms with van der Waals surface area (Å²) in [6, 6.07) is 11.5. The van der Waals surface area contributed by atoms with Crippen molar-refractivity contribution in [3.63, 3.8) is 0 Å². The minimum absolute atomic E-state index is 0. The van der Waals surface area contributed by atoms with Crippen LogP contribution < -0.4 is 15.5 Å². The topological polar surface area (TPSA) is 52.1 Å². The van der Waals surface area contributed by atoms with Crippen LogP contribution in [0, 0.1) is 0 Å². The second-order valence-electron chi connectivity index (χ2n) is 8.24. The standard InChI is InChI=1S/C24H35N5OS.HI/c1-3-25-24(26-17-19-8-9-21-20(16-19)6-4-10-28(21)2)27-18-22(23-7-5-15-31-23)29-11-13-30-14-12-29;/h5,7-9,15-16,22H,3-4,6,10-14,17-18H2,1-2H3,(H2,25,26,27);1H. The number of aryl methyl sites for hydroxylation is 1. The summed E-state index contributed by atoms with van der Waals surface area (Å²) >= 11 is 1.83. The molecule has 1 saturated heterocycles. The molecule has 3 heterocycles. The summed E-state index contributed by atoms with van der Waals surface area (Å²) < 4.78 is 5.57. The Bertz CT molecular complexity index is 854. The third kappa shape index (κ3) is 6.59. The molecule has 0 spiro atoms. The fourth-order valence-electron chi connectivity index (χ4n) is 4.42. The van der Waals surface area contributed by atoms with Gasteiger partial charge in [0, 0.05) is 50.3 Å². The summed E-state index contributed by atoms with van der Waals surface area (Å²) in [5.41, 5.74) is 4.09. The van der Waals surface area contributed by atoms with Gasteiger partial charge in [0.05, 0.1) is 25.8 Å². The molecule has 2 aliphatic rings. The molecule has 2 aromatic rings. The zero-order valence-electron chi connectivity index (χ0n) is 19.2. The molecule has 1 unspecified atom stereocenters. The fourth-order valence-corrected chi connectivity index (χ4v) is 5.28. The molecule has 32 heavy (non-hydrogen) atoms. The molecular formula is C24H36IN5OS. The van der Waals surface area contributed by atoms with Gasteiger partial charge in [-0.3, -0.25) is 4.90 Å². The second kappa shape index (κ2) is 12.8. The van der Waals surface area contributed by atoms with Crippen LogP contribution in [0.5, 0.6) is 0 Å². The molecule has 1 aromatic carbocycles. The first-order chi connectivity index (χ1) is 15.2. The van der Waals surface area contributed by atoms with Crippen molar-refractivity contribution in [3.05, 3.63) is 51.7 Å². The van der Waals surface area contributed by atoms with Crippen LogP contribution in [-0.2, 0) is 17.7 Å². The Kier molecular flexibility index (Phi) is 10.1. The van der Waals surface area contributed by atoms with Gasteiger partial charge in [-0.2, -0.15) is 0 Å². The van der Waals surface area contributed by atoms with E-state index in [1.807, 2.05) is 11.3 Å². The van der Waals surface area contributed by atoms with Gasteiger partial charge in [0.15, 0.2) is 5.96 Å². The number of fused-ring (bicyclic) bond motifs is 1. The van der Waals surface area contributed by atoms with Gasteiger partial charge in [-0.05, 0) is 48.4 Å². The van der Waals surface area contributed by atoms with Gasteiger partial charge < -0.3 is 20.3 Å². The summed E-state index contributed by atoms with van der Waals surface area (Å²) in [6.45, 7) is 9.20. The van der Waals surface area contributed by atoms with Crippen LogP contribution in [0.15, 0.2) is 40.7 Å². The number of hydrogen-bond donors (Lipinski definition) is 2. The number of guanidine groups is 1. The number of morpholine rings is 1. The number of hydrogen-bond acceptors (Lipinski definition) is 5. The highest BCUT2D eigenvalue weighted by Gasteiger charge is 2.23. The molecule has 0 aliphatic carbocycles. The van der Waals surface area contributed by atoms with Gasteiger partial charge in [0.2, 0.25) is 0 Å². The van der Waals surface area contributed by atoms with Crippen molar-refractivity contribution >= 4 is 47.0 Å². The maximum atomic E-state index is 5.57. The van der Waals surface area contributed by atoms with E-state index in [1.54, 1.807) is 0 Å². The summed E-state index contributed by atoms with van der Waals surface area (Å²) in [7, 11) is 2.18. The molecule has 2 aliphatic heterocycles. The van der Waals surface area contributed by atoms with Crippen LogP contribution in [0.1, 0.15) is 35.4 Å². The molecule has 0 radical (unpaired) electrons. The Balaban J connectivity index is 0.00000289. The molecule has 1 atom stereocenters. The average Bonchev–Trinajstić information content (AvgIpc) is 3.33. The van der Waals surface area contributed by atoms with E-state index in [4.69, 9.17) is 9.73 Å². The fraction of sp³-hybridized carbons (Fsp3) is 0.542. The summed E-state index contributed by atoms with van der Waals surface area (Å²) in [5.74, 6) is 0.882. The predicted molar refractivity (Wildman–Crippen MR) is 146 cm³/mol. The third-order valence-corrected chi connectivity index (χ3v) is 7.05. The third-order valence-electron chi connectivity index (χ3n) is 6.08. The van der Waals surface area contributed by atoms with Crippen LogP contribution in [0.25, 0.3) is 0 Å². The lowest BCUT2D eigenvalue weighted by molar-refractivity contribution is 0.0177. The summed E-state index contributed by atoms with van der Waals surface area (Å²) in [4.78, 5) is 11.2. The van der Waals surface area contributed by atoms with E-state index in [2.05, 4.69) is 70.1 Å². The molecule has 176 valence electrons. The molecule has 2 N–H and O–H groups in total. The van der Waals surface area contributed by atoms with Gasteiger partial charge in [-0.1, -0.05) is 18.2 Å². The highest BCUT2D eigenvalue weighted by Crippen LogP contribution is 2.27. The van der Waals surface area contributed by atoms with Crippen molar-refractivity contribution in [2.75, 3.05) is 57.9 Å². The van der Waals surface area contributed by atoms with E-state index in [0.29, 0.717) is 12.6 Å². The monoisotopic (exact) mass is 569 g/mol. The van der Waals surface area contributed by atoms with Crippen LogP contribution in [0.3, 0.4) is 0 Å². The number of anilines is 1. The van der Waals surface area contributed by atoms with Gasteiger partial charge in [0.1, 0.15) is 0 Å². The highest BCUT2D eigenvalue weighted by molar-refractivity contribution is 14.0. The second-order valence-corrected chi connectivity index (χ2v) is 9.22. The lowest BCUT2D eigenvalue weighted by atomic mass is 10.00.